The van der Waals surface area contributed by atoms with Gasteiger partial charge in [0.25, 0.3) is 0 Å². The van der Waals surface area contributed by atoms with Crippen LogP contribution >= 0.6 is 0 Å². The number of aliphatic hydroxyl groups is 1. The van der Waals surface area contributed by atoms with E-state index in [4.69, 9.17) is 14.2 Å². The molecule has 1 rings (SSSR count). The molecule has 0 spiro atoms. The molecule has 0 fully saturated rings. The fourth-order valence-electron chi connectivity index (χ4n) is 1.51. The molecule has 0 heterocycles. The number of methoxy groups -OCH3 is 3. The minimum Gasteiger partial charge on any atom is -0.496 e. The van der Waals surface area contributed by atoms with Gasteiger partial charge in [-0.15, -0.1) is 0 Å². The van der Waals surface area contributed by atoms with Crippen LogP contribution in [0.5, 0.6) is 17.2 Å². The smallest absolute Gasteiger partial charge is 0.164 e. The van der Waals surface area contributed by atoms with Crippen molar-refractivity contribution >= 4 is 0 Å². The van der Waals surface area contributed by atoms with Crippen LogP contribution in [0.15, 0.2) is 12.1 Å². The maximum absolute atomic E-state index is 10.0. The number of rotatable bonds is 4. The van der Waals surface area contributed by atoms with Crippen LogP contribution in [0.1, 0.15) is 19.4 Å². The van der Waals surface area contributed by atoms with Crippen LogP contribution < -0.4 is 14.2 Å². The summed E-state index contributed by atoms with van der Waals surface area (Å²) in [5, 5.41) is 10.0. The van der Waals surface area contributed by atoms with Gasteiger partial charge in [0.2, 0.25) is 0 Å². The predicted octanol–water partition coefficient (Wildman–Crippen LogP) is 1.94. The summed E-state index contributed by atoms with van der Waals surface area (Å²) >= 11 is 0. The molecule has 0 aromatic heterocycles. The van der Waals surface area contributed by atoms with Gasteiger partial charge in [0, 0.05) is 11.6 Å². The first-order valence-corrected chi connectivity index (χ1v) is 4.97. The molecular weight excluding hydrogens is 208 g/mol. The van der Waals surface area contributed by atoms with E-state index in [0.29, 0.717) is 22.8 Å². The highest BCUT2D eigenvalue weighted by molar-refractivity contribution is 5.52. The summed E-state index contributed by atoms with van der Waals surface area (Å²) in [4.78, 5) is 0. The first-order valence-electron chi connectivity index (χ1n) is 4.97. The lowest BCUT2D eigenvalue weighted by molar-refractivity contribution is 0.0752. The Bertz CT molecular complexity index is 366. The average molecular weight is 226 g/mol. The van der Waals surface area contributed by atoms with E-state index in [1.54, 1.807) is 47.3 Å². The van der Waals surface area contributed by atoms with E-state index in [0.717, 1.165) is 0 Å². The van der Waals surface area contributed by atoms with Crippen molar-refractivity contribution in [3.63, 3.8) is 0 Å². The van der Waals surface area contributed by atoms with Crippen molar-refractivity contribution < 1.29 is 19.3 Å². The highest BCUT2D eigenvalue weighted by Crippen LogP contribution is 2.39. The van der Waals surface area contributed by atoms with Crippen molar-refractivity contribution in [3.05, 3.63) is 17.7 Å². The average Bonchev–Trinajstić information content (AvgIpc) is 2.25. The van der Waals surface area contributed by atoms with Gasteiger partial charge in [-0.1, -0.05) is 0 Å². The molecule has 16 heavy (non-hydrogen) atoms. The molecule has 0 bridgehead atoms. The quantitative estimate of drug-likeness (QED) is 0.852. The van der Waals surface area contributed by atoms with E-state index in [-0.39, 0.29) is 0 Å². The van der Waals surface area contributed by atoms with Gasteiger partial charge < -0.3 is 19.3 Å². The van der Waals surface area contributed by atoms with Gasteiger partial charge in [-0.25, -0.2) is 0 Å². The molecule has 0 amide bonds. The fourth-order valence-corrected chi connectivity index (χ4v) is 1.51. The fraction of sp³-hybridized carbons (Fsp3) is 0.500. The summed E-state index contributed by atoms with van der Waals surface area (Å²) in [5.74, 6) is 1.72. The molecule has 1 aromatic rings. The molecule has 0 aliphatic carbocycles. The lowest BCUT2D eigenvalue weighted by atomic mass is 9.97. The molecule has 0 unspecified atom stereocenters. The molecule has 1 aromatic carbocycles. The summed E-state index contributed by atoms with van der Waals surface area (Å²) in [6.07, 6.45) is 0. The van der Waals surface area contributed by atoms with Gasteiger partial charge in [-0.3, -0.25) is 0 Å². The Balaban J connectivity index is 3.38. The van der Waals surface area contributed by atoms with Gasteiger partial charge >= 0.3 is 0 Å². The van der Waals surface area contributed by atoms with Crippen LogP contribution in [0, 0.1) is 0 Å². The van der Waals surface area contributed by atoms with Crippen molar-refractivity contribution in [1.29, 1.82) is 0 Å². The number of benzene rings is 1. The van der Waals surface area contributed by atoms with Crippen LogP contribution in [-0.2, 0) is 5.60 Å². The van der Waals surface area contributed by atoms with Crippen LogP contribution in [-0.4, -0.2) is 26.4 Å². The number of hydrogen-bond donors (Lipinski definition) is 1. The normalized spacial score (nSPS) is 11.1. The first-order chi connectivity index (χ1) is 7.43. The Morgan fingerprint density at radius 3 is 1.69 bits per heavy atom. The zero-order chi connectivity index (χ0) is 12.3. The second-order valence-corrected chi connectivity index (χ2v) is 3.97. The Labute approximate surface area is 95.8 Å². The van der Waals surface area contributed by atoms with Crippen LogP contribution in [0.25, 0.3) is 0 Å². The second-order valence-electron chi connectivity index (χ2n) is 3.97. The van der Waals surface area contributed by atoms with E-state index in [2.05, 4.69) is 0 Å². The molecule has 90 valence electrons. The Morgan fingerprint density at radius 1 is 0.875 bits per heavy atom. The molecular formula is C12H18O4. The topological polar surface area (TPSA) is 47.9 Å². The summed E-state index contributed by atoms with van der Waals surface area (Å²) < 4.78 is 15.6. The van der Waals surface area contributed by atoms with E-state index >= 15 is 0 Å². The third kappa shape index (κ3) is 2.39. The largest absolute Gasteiger partial charge is 0.496 e. The zero-order valence-corrected chi connectivity index (χ0v) is 10.3. The Morgan fingerprint density at radius 2 is 1.31 bits per heavy atom. The molecule has 4 nitrogen and oxygen atoms in total. The van der Waals surface area contributed by atoms with Crippen LogP contribution in [0.3, 0.4) is 0 Å². The van der Waals surface area contributed by atoms with E-state index in [9.17, 15) is 5.11 Å². The molecule has 0 aliphatic heterocycles. The highest BCUT2D eigenvalue weighted by Gasteiger charge is 2.23. The third-order valence-electron chi connectivity index (χ3n) is 2.36. The van der Waals surface area contributed by atoms with Crippen molar-refractivity contribution in [2.45, 2.75) is 19.4 Å². The lowest BCUT2D eigenvalue weighted by Gasteiger charge is -2.22. The van der Waals surface area contributed by atoms with E-state index in [1.165, 1.54) is 0 Å². The van der Waals surface area contributed by atoms with Crippen molar-refractivity contribution in [2.75, 3.05) is 21.3 Å². The minimum atomic E-state index is -0.995. The van der Waals surface area contributed by atoms with Gasteiger partial charge in [-0.2, -0.15) is 0 Å². The summed E-state index contributed by atoms with van der Waals surface area (Å²) in [7, 11) is 4.66. The third-order valence-corrected chi connectivity index (χ3v) is 2.36. The molecule has 0 radical (unpaired) electrons. The molecule has 0 saturated carbocycles. The van der Waals surface area contributed by atoms with Crippen LogP contribution in [0.2, 0.25) is 0 Å². The SMILES string of the molecule is COc1cc(OC)c(C(C)(C)O)cc1OC. The van der Waals surface area contributed by atoms with E-state index in [1.807, 2.05) is 0 Å². The standard InChI is InChI=1S/C12H18O4/c1-12(2,13)8-6-10(15-4)11(16-5)7-9(8)14-3/h6-7,13H,1-5H3. The Kier molecular flexibility index (Phi) is 3.65. The molecule has 0 saturated heterocycles. The summed E-state index contributed by atoms with van der Waals surface area (Å²) in [6, 6.07) is 3.42. The zero-order valence-electron chi connectivity index (χ0n) is 10.3. The second kappa shape index (κ2) is 4.61. The molecule has 1 N–H and O–H groups in total. The Hall–Kier alpha value is -1.42. The first kappa shape index (κ1) is 12.6. The van der Waals surface area contributed by atoms with Crippen molar-refractivity contribution in [3.8, 4) is 17.2 Å². The van der Waals surface area contributed by atoms with E-state index < -0.39 is 5.60 Å². The lowest BCUT2D eigenvalue weighted by Crippen LogP contribution is -2.17. The maximum Gasteiger partial charge on any atom is 0.164 e. The highest BCUT2D eigenvalue weighted by atomic mass is 16.5. The minimum absolute atomic E-state index is 0.570. The number of ether oxygens (including phenoxy) is 3. The molecule has 4 heteroatoms. The molecule has 0 aliphatic rings. The predicted molar refractivity (Wildman–Crippen MR) is 61.3 cm³/mol. The van der Waals surface area contributed by atoms with Crippen LogP contribution in [0.4, 0.5) is 0 Å². The summed E-state index contributed by atoms with van der Waals surface area (Å²) in [5.41, 5.74) is -0.335. The number of hydrogen-bond acceptors (Lipinski definition) is 4. The van der Waals surface area contributed by atoms with Gasteiger partial charge in [0.15, 0.2) is 11.5 Å². The van der Waals surface area contributed by atoms with Gasteiger partial charge in [-0.05, 0) is 19.9 Å². The molecule has 0 atom stereocenters. The van der Waals surface area contributed by atoms with Gasteiger partial charge in [0.05, 0.1) is 26.9 Å². The van der Waals surface area contributed by atoms with Crippen molar-refractivity contribution in [1.82, 2.24) is 0 Å². The maximum atomic E-state index is 10.0. The summed E-state index contributed by atoms with van der Waals surface area (Å²) in [6.45, 7) is 3.38. The monoisotopic (exact) mass is 226 g/mol. The van der Waals surface area contributed by atoms with Crippen molar-refractivity contribution in [2.24, 2.45) is 0 Å². The van der Waals surface area contributed by atoms with Gasteiger partial charge in [0.1, 0.15) is 5.75 Å².